The largest absolute Gasteiger partial charge is 0.480 e. The molecule has 106 valence electrons. The van der Waals surface area contributed by atoms with Crippen LogP contribution in [0.5, 0.6) is 5.88 Å². The molecule has 0 bridgehead atoms. The molecule has 0 aliphatic carbocycles. The summed E-state index contributed by atoms with van der Waals surface area (Å²) >= 11 is 1.58. The Labute approximate surface area is 116 Å². The molecule has 0 saturated heterocycles. The molecule has 2 aromatic rings. The minimum absolute atomic E-state index is 0.368. The summed E-state index contributed by atoms with van der Waals surface area (Å²) in [6, 6.07) is 0. The molecule has 7 heteroatoms. The third kappa shape index (κ3) is 3.44. The molecule has 1 unspecified atom stereocenters. The Kier molecular flexibility index (Phi) is 5.15. The van der Waals surface area contributed by atoms with Crippen molar-refractivity contribution in [1.29, 1.82) is 0 Å². The number of nitrogens with one attached hydrogen (secondary N) is 1. The van der Waals surface area contributed by atoms with Gasteiger partial charge in [-0.3, -0.25) is 4.40 Å². The highest BCUT2D eigenvalue weighted by atomic mass is 32.1. The van der Waals surface area contributed by atoms with Crippen LogP contribution in [0.3, 0.4) is 0 Å². The second kappa shape index (κ2) is 6.85. The molecule has 0 aliphatic heterocycles. The number of nitrogens with zero attached hydrogens (tertiary/aromatic N) is 2. The van der Waals surface area contributed by atoms with Crippen LogP contribution in [0.1, 0.15) is 12.1 Å². The summed E-state index contributed by atoms with van der Waals surface area (Å²) in [5.74, 6) is 0.650. The number of aliphatic hydroxyl groups is 1. The van der Waals surface area contributed by atoms with Crippen LogP contribution in [0.25, 0.3) is 4.96 Å². The lowest BCUT2D eigenvalue weighted by Crippen LogP contribution is -2.23. The van der Waals surface area contributed by atoms with Gasteiger partial charge in [-0.15, -0.1) is 11.3 Å². The first kappa shape index (κ1) is 14.3. The minimum atomic E-state index is -0.425. The van der Waals surface area contributed by atoms with Crippen molar-refractivity contribution in [3.8, 4) is 5.88 Å². The van der Waals surface area contributed by atoms with Crippen molar-refractivity contribution < 1.29 is 14.6 Å². The number of rotatable bonds is 8. The van der Waals surface area contributed by atoms with Gasteiger partial charge in [-0.25, -0.2) is 0 Å². The van der Waals surface area contributed by atoms with Gasteiger partial charge in [0.25, 0.3) is 0 Å². The summed E-state index contributed by atoms with van der Waals surface area (Å²) in [6.07, 6.45) is 2.21. The lowest BCUT2D eigenvalue weighted by atomic mass is 10.2. The third-order valence-electron chi connectivity index (χ3n) is 2.82. The minimum Gasteiger partial charge on any atom is -0.480 e. The van der Waals surface area contributed by atoms with Gasteiger partial charge in [0.05, 0.1) is 19.8 Å². The van der Waals surface area contributed by atoms with E-state index in [0.29, 0.717) is 32.0 Å². The number of hydrogen-bond donors (Lipinski definition) is 2. The molecule has 0 aromatic carbocycles. The van der Waals surface area contributed by atoms with Crippen molar-refractivity contribution in [3.63, 3.8) is 0 Å². The monoisotopic (exact) mass is 285 g/mol. The molecule has 0 aliphatic rings. The number of hydrogen-bond acceptors (Lipinski definition) is 6. The molecule has 19 heavy (non-hydrogen) atoms. The summed E-state index contributed by atoms with van der Waals surface area (Å²) in [6.45, 7) is 1.73. The Balaban J connectivity index is 1.88. The Morgan fingerprint density at radius 3 is 3.11 bits per heavy atom. The SMILES string of the molecule is COCC(O)CCNCc1c(OC)nc2sccn12. The van der Waals surface area contributed by atoms with E-state index in [4.69, 9.17) is 9.47 Å². The molecular weight excluding hydrogens is 266 g/mol. The van der Waals surface area contributed by atoms with E-state index in [1.165, 1.54) is 0 Å². The number of ether oxygens (including phenoxy) is 2. The highest BCUT2D eigenvalue weighted by molar-refractivity contribution is 7.15. The van der Waals surface area contributed by atoms with E-state index in [-0.39, 0.29) is 0 Å². The van der Waals surface area contributed by atoms with Gasteiger partial charge in [-0.05, 0) is 13.0 Å². The highest BCUT2D eigenvalue weighted by Gasteiger charge is 2.13. The maximum atomic E-state index is 9.54. The number of thiazole rings is 1. The molecule has 0 fully saturated rings. The predicted octanol–water partition coefficient (Wildman–Crippen LogP) is 0.891. The first-order valence-corrected chi connectivity index (χ1v) is 7.00. The maximum Gasteiger partial charge on any atom is 0.237 e. The van der Waals surface area contributed by atoms with Gasteiger partial charge in [-0.1, -0.05) is 0 Å². The van der Waals surface area contributed by atoms with Crippen LogP contribution in [-0.4, -0.2) is 48.0 Å². The quantitative estimate of drug-likeness (QED) is 0.705. The normalized spacial score (nSPS) is 13.0. The zero-order valence-corrected chi connectivity index (χ0v) is 11.9. The molecule has 0 saturated carbocycles. The third-order valence-corrected chi connectivity index (χ3v) is 3.58. The predicted molar refractivity (Wildman–Crippen MR) is 73.8 cm³/mol. The standard InChI is InChI=1S/C12H19N3O3S/c1-17-8-9(16)3-4-13-7-10-11(18-2)14-12-15(10)5-6-19-12/h5-6,9,13,16H,3-4,7-8H2,1-2H3. The first-order chi connectivity index (χ1) is 9.26. The van der Waals surface area contributed by atoms with E-state index in [2.05, 4.69) is 10.3 Å². The Morgan fingerprint density at radius 2 is 2.37 bits per heavy atom. The summed E-state index contributed by atoms with van der Waals surface area (Å²) < 4.78 is 12.2. The smallest absolute Gasteiger partial charge is 0.237 e. The van der Waals surface area contributed by atoms with Gasteiger partial charge in [-0.2, -0.15) is 4.98 Å². The topological polar surface area (TPSA) is 68.0 Å². The number of aliphatic hydroxyl groups excluding tert-OH is 1. The lowest BCUT2D eigenvalue weighted by molar-refractivity contribution is 0.0594. The second-order valence-corrected chi connectivity index (χ2v) is 5.07. The lowest BCUT2D eigenvalue weighted by Gasteiger charge is -2.10. The zero-order valence-electron chi connectivity index (χ0n) is 11.1. The van der Waals surface area contributed by atoms with Crippen LogP contribution in [0.15, 0.2) is 11.6 Å². The average molecular weight is 285 g/mol. The highest BCUT2D eigenvalue weighted by Crippen LogP contribution is 2.22. The van der Waals surface area contributed by atoms with Gasteiger partial charge < -0.3 is 19.9 Å². The molecule has 1 atom stereocenters. The fourth-order valence-electron chi connectivity index (χ4n) is 1.89. The van der Waals surface area contributed by atoms with E-state index in [1.54, 1.807) is 25.6 Å². The number of fused-ring (bicyclic) bond motifs is 1. The van der Waals surface area contributed by atoms with Gasteiger partial charge in [0.15, 0.2) is 4.96 Å². The number of imidazole rings is 1. The Morgan fingerprint density at radius 1 is 1.53 bits per heavy atom. The Bertz CT molecular complexity index is 511. The first-order valence-electron chi connectivity index (χ1n) is 6.12. The van der Waals surface area contributed by atoms with E-state index in [0.717, 1.165) is 10.7 Å². The second-order valence-electron chi connectivity index (χ2n) is 4.20. The fourth-order valence-corrected chi connectivity index (χ4v) is 2.61. The maximum absolute atomic E-state index is 9.54. The summed E-state index contributed by atoms with van der Waals surface area (Å²) in [5, 5.41) is 14.8. The average Bonchev–Trinajstić information content (AvgIpc) is 2.96. The molecule has 2 heterocycles. The van der Waals surface area contributed by atoms with Crippen molar-refractivity contribution in [1.82, 2.24) is 14.7 Å². The molecule has 0 spiro atoms. The van der Waals surface area contributed by atoms with Crippen LogP contribution in [0, 0.1) is 0 Å². The number of aromatic nitrogens is 2. The van der Waals surface area contributed by atoms with Crippen molar-refractivity contribution in [2.75, 3.05) is 27.4 Å². The van der Waals surface area contributed by atoms with Crippen LogP contribution >= 0.6 is 11.3 Å². The van der Waals surface area contributed by atoms with Crippen molar-refractivity contribution in [3.05, 3.63) is 17.3 Å². The van der Waals surface area contributed by atoms with Crippen LogP contribution in [-0.2, 0) is 11.3 Å². The van der Waals surface area contributed by atoms with Crippen molar-refractivity contribution in [2.24, 2.45) is 0 Å². The van der Waals surface area contributed by atoms with Crippen LogP contribution < -0.4 is 10.1 Å². The van der Waals surface area contributed by atoms with E-state index in [1.807, 2.05) is 16.0 Å². The molecular formula is C12H19N3O3S. The van der Waals surface area contributed by atoms with Crippen LogP contribution in [0.2, 0.25) is 0 Å². The molecule has 2 rings (SSSR count). The molecule has 6 nitrogen and oxygen atoms in total. The summed E-state index contributed by atoms with van der Waals surface area (Å²) in [5.41, 5.74) is 1.000. The molecule has 2 N–H and O–H groups in total. The van der Waals surface area contributed by atoms with Gasteiger partial charge in [0.1, 0.15) is 5.69 Å². The van der Waals surface area contributed by atoms with Crippen LogP contribution in [0.4, 0.5) is 0 Å². The summed E-state index contributed by atoms with van der Waals surface area (Å²) in [7, 11) is 3.21. The molecule has 0 radical (unpaired) electrons. The summed E-state index contributed by atoms with van der Waals surface area (Å²) in [4.78, 5) is 5.31. The zero-order chi connectivity index (χ0) is 13.7. The van der Waals surface area contributed by atoms with Gasteiger partial charge in [0.2, 0.25) is 5.88 Å². The van der Waals surface area contributed by atoms with Crippen molar-refractivity contribution in [2.45, 2.75) is 19.1 Å². The van der Waals surface area contributed by atoms with E-state index < -0.39 is 6.10 Å². The van der Waals surface area contributed by atoms with E-state index in [9.17, 15) is 5.11 Å². The molecule has 2 aromatic heterocycles. The molecule has 0 amide bonds. The van der Waals surface area contributed by atoms with Gasteiger partial charge in [0, 0.05) is 25.2 Å². The Hall–Kier alpha value is -1.15. The fraction of sp³-hybridized carbons (Fsp3) is 0.583. The van der Waals surface area contributed by atoms with E-state index >= 15 is 0 Å². The number of methoxy groups -OCH3 is 2. The van der Waals surface area contributed by atoms with Gasteiger partial charge >= 0.3 is 0 Å². The van der Waals surface area contributed by atoms with Crippen molar-refractivity contribution >= 4 is 16.3 Å².